The number of H-pyrrole nitrogens is 1. The molecule has 0 radical (unpaired) electrons. The number of hydrogen-bond acceptors (Lipinski definition) is 3. The zero-order valence-corrected chi connectivity index (χ0v) is 17.8. The van der Waals surface area contributed by atoms with Gasteiger partial charge in [-0.05, 0) is 56.7 Å². The second-order valence-electron chi connectivity index (χ2n) is 8.67. The van der Waals surface area contributed by atoms with E-state index < -0.39 is 0 Å². The number of nitrogens with one attached hydrogen (secondary N) is 2. The molecule has 5 aromatic rings. The van der Waals surface area contributed by atoms with E-state index in [1.54, 1.807) is 0 Å². The molecule has 0 bridgehead atoms. The Bertz CT molecular complexity index is 1400. The van der Waals surface area contributed by atoms with Gasteiger partial charge in [0.25, 0.3) is 5.91 Å². The standard InChI is InChI=1S/C24H24N6O/c1-24(2,3)29-11-9-17(15-29)23(31)25-14-22-27-19-8-7-16(12-20(19)28-22)18-13-26-30-10-5-4-6-21(18)30/h4-13,15H,14H2,1-3H3,(H,25,31)(H,27,28). The average molecular weight is 412 g/mol. The van der Waals surface area contributed by atoms with Gasteiger partial charge in [-0.1, -0.05) is 12.1 Å². The molecule has 4 heterocycles. The maximum absolute atomic E-state index is 12.5. The Labute approximate surface area is 179 Å². The van der Waals surface area contributed by atoms with E-state index in [1.165, 1.54) is 0 Å². The van der Waals surface area contributed by atoms with E-state index >= 15 is 0 Å². The SMILES string of the molecule is CC(C)(C)n1ccc(C(=O)NCc2nc3ccc(-c4cnn5ccccc45)cc3[nH]2)c1. The van der Waals surface area contributed by atoms with E-state index in [-0.39, 0.29) is 11.4 Å². The molecule has 0 aliphatic carbocycles. The molecule has 4 aromatic heterocycles. The molecule has 0 unspecified atom stereocenters. The molecule has 0 atom stereocenters. The van der Waals surface area contributed by atoms with Gasteiger partial charge >= 0.3 is 0 Å². The lowest BCUT2D eigenvalue weighted by Gasteiger charge is -2.20. The molecule has 0 fully saturated rings. The predicted octanol–water partition coefficient (Wildman–Crippen LogP) is 4.36. The maximum atomic E-state index is 12.5. The highest BCUT2D eigenvalue weighted by molar-refractivity contribution is 5.94. The summed E-state index contributed by atoms with van der Waals surface area (Å²) in [6.07, 6.45) is 7.61. The van der Waals surface area contributed by atoms with Crippen molar-refractivity contribution in [2.24, 2.45) is 0 Å². The Balaban J connectivity index is 1.34. The van der Waals surface area contributed by atoms with Crippen LogP contribution in [0.1, 0.15) is 37.0 Å². The number of imidazole rings is 1. The van der Waals surface area contributed by atoms with Crippen molar-refractivity contribution < 1.29 is 4.79 Å². The molecule has 0 aliphatic heterocycles. The zero-order valence-electron chi connectivity index (χ0n) is 17.8. The minimum Gasteiger partial charge on any atom is -0.348 e. The van der Waals surface area contributed by atoms with Crippen LogP contribution in [-0.2, 0) is 12.1 Å². The van der Waals surface area contributed by atoms with Crippen molar-refractivity contribution in [2.75, 3.05) is 0 Å². The number of aromatic amines is 1. The van der Waals surface area contributed by atoms with Crippen molar-refractivity contribution >= 4 is 22.5 Å². The summed E-state index contributed by atoms with van der Waals surface area (Å²) in [5, 5.41) is 7.36. The first kappa shape index (κ1) is 19.1. The quantitative estimate of drug-likeness (QED) is 0.460. The van der Waals surface area contributed by atoms with Crippen LogP contribution in [0.4, 0.5) is 0 Å². The first-order valence-electron chi connectivity index (χ1n) is 10.3. The van der Waals surface area contributed by atoms with E-state index in [4.69, 9.17) is 0 Å². The Morgan fingerprint density at radius 2 is 2.00 bits per heavy atom. The minimum absolute atomic E-state index is 0.0595. The maximum Gasteiger partial charge on any atom is 0.253 e. The van der Waals surface area contributed by atoms with Gasteiger partial charge in [-0.15, -0.1) is 0 Å². The highest BCUT2D eigenvalue weighted by Crippen LogP contribution is 2.27. The summed E-state index contributed by atoms with van der Waals surface area (Å²) in [7, 11) is 0. The second-order valence-corrected chi connectivity index (χ2v) is 8.67. The van der Waals surface area contributed by atoms with Crippen LogP contribution in [0.5, 0.6) is 0 Å². The molecule has 1 aromatic carbocycles. The first-order valence-corrected chi connectivity index (χ1v) is 10.3. The minimum atomic E-state index is -0.115. The third kappa shape index (κ3) is 3.59. The fraction of sp³-hybridized carbons (Fsp3) is 0.208. The third-order valence-corrected chi connectivity index (χ3v) is 5.41. The molecule has 2 N–H and O–H groups in total. The van der Waals surface area contributed by atoms with E-state index in [0.717, 1.165) is 33.5 Å². The van der Waals surface area contributed by atoms with Gasteiger partial charge in [-0.3, -0.25) is 4.79 Å². The van der Waals surface area contributed by atoms with E-state index in [1.807, 2.05) is 70.3 Å². The van der Waals surface area contributed by atoms with Gasteiger partial charge in [0.05, 0.1) is 34.9 Å². The second kappa shape index (κ2) is 7.12. The van der Waals surface area contributed by atoms with Crippen molar-refractivity contribution in [3.63, 3.8) is 0 Å². The monoisotopic (exact) mass is 412 g/mol. The van der Waals surface area contributed by atoms with E-state index in [0.29, 0.717) is 12.1 Å². The summed E-state index contributed by atoms with van der Waals surface area (Å²) in [5.74, 6) is 0.603. The van der Waals surface area contributed by atoms with Gasteiger partial charge in [0, 0.05) is 29.7 Å². The molecule has 0 aliphatic rings. The fourth-order valence-corrected chi connectivity index (χ4v) is 3.68. The number of rotatable bonds is 4. The number of amides is 1. The largest absolute Gasteiger partial charge is 0.348 e. The van der Waals surface area contributed by atoms with Crippen molar-refractivity contribution in [1.82, 2.24) is 29.5 Å². The molecular weight excluding hydrogens is 388 g/mol. The summed E-state index contributed by atoms with van der Waals surface area (Å²) < 4.78 is 3.89. The Hall–Kier alpha value is -3.87. The van der Waals surface area contributed by atoms with Crippen LogP contribution in [0.15, 0.2) is 67.3 Å². The van der Waals surface area contributed by atoms with Gasteiger partial charge < -0.3 is 14.9 Å². The van der Waals surface area contributed by atoms with Crippen LogP contribution in [0.25, 0.3) is 27.7 Å². The Morgan fingerprint density at radius 1 is 1.13 bits per heavy atom. The molecule has 31 heavy (non-hydrogen) atoms. The number of aromatic nitrogens is 5. The zero-order chi connectivity index (χ0) is 21.6. The van der Waals surface area contributed by atoms with Gasteiger partial charge in [-0.2, -0.15) is 5.10 Å². The van der Waals surface area contributed by atoms with Crippen molar-refractivity contribution in [3.8, 4) is 11.1 Å². The highest BCUT2D eigenvalue weighted by Gasteiger charge is 2.15. The normalized spacial score (nSPS) is 12.0. The van der Waals surface area contributed by atoms with Gasteiger partial charge in [0.15, 0.2) is 0 Å². The van der Waals surface area contributed by atoms with Crippen LogP contribution in [0, 0.1) is 0 Å². The molecule has 0 saturated carbocycles. The lowest BCUT2D eigenvalue weighted by molar-refractivity contribution is 0.0950. The summed E-state index contributed by atoms with van der Waals surface area (Å²) in [6.45, 7) is 6.64. The average Bonchev–Trinajstić information content (AvgIpc) is 3.48. The van der Waals surface area contributed by atoms with Crippen LogP contribution in [0.3, 0.4) is 0 Å². The lowest BCUT2D eigenvalue weighted by atomic mass is 10.1. The van der Waals surface area contributed by atoms with Crippen LogP contribution in [-0.4, -0.2) is 30.1 Å². The smallest absolute Gasteiger partial charge is 0.253 e. The third-order valence-electron chi connectivity index (χ3n) is 5.41. The molecule has 0 spiro atoms. The molecule has 156 valence electrons. The van der Waals surface area contributed by atoms with Crippen LogP contribution < -0.4 is 5.32 Å². The van der Waals surface area contributed by atoms with Gasteiger partial charge in [0.2, 0.25) is 0 Å². The summed E-state index contributed by atoms with van der Waals surface area (Å²) in [5.41, 5.74) is 5.55. The number of nitrogens with zero attached hydrogens (tertiary/aromatic N) is 4. The van der Waals surface area contributed by atoms with Gasteiger partial charge in [-0.25, -0.2) is 9.50 Å². The van der Waals surface area contributed by atoms with Crippen molar-refractivity contribution in [3.05, 3.63) is 78.6 Å². The van der Waals surface area contributed by atoms with Crippen LogP contribution in [0.2, 0.25) is 0 Å². The Kier molecular flexibility index (Phi) is 4.39. The molecule has 0 saturated heterocycles. The van der Waals surface area contributed by atoms with E-state index in [2.05, 4.69) is 47.2 Å². The number of benzene rings is 1. The topological polar surface area (TPSA) is 80.0 Å². The number of pyridine rings is 1. The predicted molar refractivity (Wildman–Crippen MR) is 121 cm³/mol. The number of carbonyl (C=O) groups excluding carboxylic acids is 1. The molecule has 5 rings (SSSR count). The van der Waals surface area contributed by atoms with Gasteiger partial charge in [0.1, 0.15) is 5.82 Å². The van der Waals surface area contributed by atoms with Crippen molar-refractivity contribution in [1.29, 1.82) is 0 Å². The summed E-state index contributed by atoms with van der Waals surface area (Å²) in [6, 6.07) is 14.0. The molecule has 1 amide bonds. The number of fused-ring (bicyclic) bond motifs is 2. The molecule has 7 nitrogen and oxygen atoms in total. The summed E-state index contributed by atoms with van der Waals surface area (Å²) >= 11 is 0. The molecule has 7 heteroatoms. The van der Waals surface area contributed by atoms with Crippen molar-refractivity contribution in [2.45, 2.75) is 32.9 Å². The Morgan fingerprint density at radius 3 is 2.81 bits per heavy atom. The fourth-order valence-electron chi connectivity index (χ4n) is 3.68. The van der Waals surface area contributed by atoms with E-state index in [9.17, 15) is 4.79 Å². The van der Waals surface area contributed by atoms with Crippen LogP contribution >= 0.6 is 0 Å². The number of hydrogen-bond donors (Lipinski definition) is 2. The summed E-state index contributed by atoms with van der Waals surface area (Å²) in [4.78, 5) is 20.5. The lowest BCUT2D eigenvalue weighted by Crippen LogP contribution is -2.24. The number of carbonyl (C=O) groups is 1. The highest BCUT2D eigenvalue weighted by atomic mass is 16.1. The first-order chi connectivity index (χ1) is 14.9. The molecular formula is C24H24N6O.